The molecule has 1 N–H and O–H groups in total. The molecule has 0 unspecified atom stereocenters. The van der Waals surface area contributed by atoms with Gasteiger partial charge in [-0.3, -0.25) is 9.20 Å². The molecule has 0 spiro atoms. The van der Waals surface area contributed by atoms with Gasteiger partial charge in [0.05, 0.1) is 12.4 Å². The lowest BCUT2D eigenvalue weighted by Gasteiger charge is -2.29. The Morgan fingerprint density at radius 3 is 2.71 bits per heavy atom. The van der Waals surface area contributed by atoms with Crippen molar-refractivity contribution < 1.29 is 23.1 Å². The maximum atomic E-state index is 13.0. The summed E-state index contributed by atoms with van der Waals surface area (Å²) in [5, 5.41) is 9.83. The van der Waals surface area contributed by atoms with Crippen LogP contribution in [0.1, 0.15) is 29.8 Å². The van der Waals surface area contributed by atoms with Crippen molar-refractivity contribution in [2.75, 3.05) is 13.1 Å². The van der Waals surface area contributed by atoms with Gasteiger partial charge in [0.1, 0.15) is 10.3 Å². The van der Waals surface area contributed by atoms with E-state index >= 15 is 0 Å². The molecule has 1 fully saturated rings. The molecule has 2 aromatic heterocycles. The summed E-state index contributed by atoms with van der Waals surface area (Å²) in [7, 11) is 0. The first-order chi connectivity index (χ1) is 11.2. The molecule has 0 aromatic carbocycles. The van der Waals surface area contributed by atoms with Gasteiger partial charge < -0.3 is 10.0 Å². The van der Waals surface area contributed by atoms with Crippen molar-refractivity contribution >= 4 is 27.5 Å². The quantitative estimate of drug-likeness (QED) is 0.789. The zero-order chi connectivity index (χ0) is 17.5. The molecular formula is C14H14BrF3N4O2. The van der Waals surface area contributed by atoms with Gasteiger partial charge in [0.25, 0.3) is 5.91 Å². The van der Waals surface area contributed by atoms with E-state index in [-0.39, 0.29) is 25.2 Å². The number of likely N-dealkylation sites (tertiary alicyclic amines) is 1. The van der Waals surface area contributed by atoms with Gasteiger partial charge in [0.2, 0.25) is 0 Å². The van der Waals surface area contributed by atoms with Crippen LogP contribution in [0.4, 0.5) is 13.2 Å². The molecule has 1 saturated heterocycles. The van der Waals surface area contributed by atoms with Gasteiger partial charge in [-0.15, -0.1) is 0 Å². The van der Waals surface area contributed by atoms with Gasteiger partial charge in [-0.05, 0) is 28.8 Å². The molecule has 3 rings (SSSR count). The van der Waals surface area contributed by atoms with Crippen LogP contribution >= 0.6 is 15.9 Å². The monoisotopic (exact) mass is 406 g/mol. The molecule has 130 valence electrons. The first-order valence-electron chi connectivity index (χ1n) is 7.28. The Morgan fingerprint density at radius 2 is 2.00 bits per heavy atom. The molecule has 1 atom stereocenters. The third-order valence-corrected chi connectivity index (χ3v) is 4.62. The van der Waals surface area contributed by atoms with Crippen LogP contribution in [-0.2, 0) is 0 Å². The van der Waals surface area contributed by atoms with E-state index in [9.17, 15) is 23.1 Å². The van der Waals surface area contributed by atoms with E-state index < -0.39 is 30.5 Å². The fraction of sp³-hybridized carbons (Fsp3) is 0.500. The molecule has 0 aliphatic carbocycles. The maximum absolute atomic E-state index is 13.0. The average molecular weight is 407 g/mol. The number of fused-ring (bicyclic) bond motifs is 1. The number of amides is 1. The number of nitrogens with zero attached hydrogens (tertiary/aromatic N) is 4. The second-order valence-corrected chi connectivity index (χ2v) is 6.57. The van der Waals surface area contributed by atoms with E-state index in [1.54, 1.807) is 6.20 Å². The lowest BCUT2D eigenvalue weighted by Crippen LogP contribution is -2.46. The van der Waals surface area contributed by atoms with Crippen molar-refractivity contribution in [1.82, 2.24) is 19.3 Å². The molecule has 0 radical (unpaired) electrons. The zero-order valence-corrected chi connectivity index (χ0v) is 14.0. The van der Waals surface area contributed by atoms with Gasteiger partial charge in [-0.1, -0.05) is 0 Å². The second-order valence-electron chi connectivity index (χ2n) is 5.76. The minimum atomic E-state index is -4.70. The summed E-state index contributed by atoms with van der Waals surface area (Å²) in [5.41, 5.74) is -2.04. The third kappa shape index (κ3) is 3.00. The van der Waals surface area contributed by atoms with Crippen LogP contribution < -0.4 is 0 Å². The summed E-state index contributed by atoms with van der Waals surface area (Å²) in [4.78, 5) is 22.1. The van der Waals surface area contributed by atoms with E-state index in [1.165, 1.54) is 21.7 Å². The van der Waals surface area contributed by atoms with Crippen molar-refractivity contribution in [3.8, 4) is 0 Å². The lowest BCUT2D eigenvalue weighted by molar-refractivity contribution is -0.263. The predicted molar refractivity (Wildman–Crippen MR) is 81.4 cm³/mol. The summed E-state index contributed by atoms with van der Waals surface area (Å²) < 4.78 is 41.0. The highest BCUT2D eigenvalue weighted by atomic mass is 79.9. The molecule has 3 heterocycles. The number of carbonyl (C=O) groups is 1. The molecule has 1 aliphatic heterocycles. The number of imidazole rings is 1. The zero-order valence-electron chi connectivity index (χ0n) is 12.4. The molecule has 1 aliphatic rings. The molecule has 1 amide bonds. The van der Waals surface area contributed by atoms with E-state index in [0.717, 1.165) is 0 Å². The summed E-state index contributed by atoms with van der Waals surface area (Å²) in [6.07, 6.45) is -1.17. The molecular weight excluding hydrogens is 393 g/mol. The minimum Gasteiger partial charge on any atom is -0.380 e. The smallest absolute Gasteiger partial charge is 0.380 e. The van der Waals surface area contributed by atoms with Crippen LogP contribution in [0.25, 0.3) is 5.65 Å². The Labute approximate surface area is 143 Å². The molecule has 10 heteroatoms. The normalized spacial score (nSPS) is 22.6. The Bertz CT molecular complexity index is 779. The lowest BCUT2D eigenvalue weighted by atomic mass is 9.94. The number of aliphatic hydroxyl groups is 1. The van der Waals surface area contributed by atoms with Crippen molar-refractivity contribution in [1.29, 1.82) is 0 Å². The third-order valence-electron chi connectivity index (χ3n) is 4.21. The van der Waals surface area contributed by atoms with E-state index in [0.29, 0.717) is 10.3 Å². The highest BCUT2D eigenvalue weighted by Gasteiger charge is 2.53. The van der Waals surface area contributed by atoms with Crippen molar-refractivity contribution in [3.63, 3.8) is 0 Å². The van der Waals surface area contributed by atoms with Crippen LogP contribution in [-0.4, -0.2) is 55.1 Å². The van der Waals surface area contributed by atoms with Gasteiger partial charge in [0, 0.05) is 25.7 Å². The highest BCUT2D eigenvalue weighted by Crippen LogP contribution is 2.38. The number of rotatable bonds is 1. The number of hydrogen-bond donors (Lipinski definition) is 1. The van der Waals surface area contributed by atoms with Gasteiger partial charge in [-0.25, -0.2) is 9.97 Å². The Kier molecular flexibility index (Phi) is 4.28. The van der Waals surface area contributed by atoms with Crippen LogP contribution in [0.3, 0.4) is 0 Å². The van der Waals surface area contributed by atoms with E-state index in [2.05, 4.69) is 25.9 Å². The number of aromatic nitrogens is 3. The Hall–Kier alpha value is -1.68. The largest absolute Gasteiger partial charge is 0.417 e. The number of hydrogen-bond acceptors (Lipinski definition) is 4. The van der Waals surface area contributed by atoms with E-state index in [1.807, 2.05) is 0 Å². The Morgan fingerprint density at radius 1 is 1.25 bits per heavy atom. The SMILES string of the molecule is O=C(c1cnc2cnc(Br)cn12)N1CCC[C@@](O)(C(F)(F)F)CC1. The summed E-state index contributed by atoms with van der Waals surface area (Å²) in [6, 6.07) is 0. The topological polar surface area (TPSA) is 70.7 Å². The first-order valence-corrected chi connectivity index (χ1v) is 8.07. The molecule has 6 nitrogen and oxygen atoms in total. The van der Waals surface area contributed by atoms with Crippen LogP contribution in [0.15, 0.2) is 23.2 Å². The van der Waals surface area contributed by atoms with Crippen molar-refractivity contribution in [2.24, 2.45) is 0 Å². The van der Waals surface area contributed by atoms with Crippen LogP contribution in [0.5, 0.6) is 0 Å². The van der Waals surface area contributed by atoms with Gasteiger partial charge in [-0.2, -0.15) is 13.2 Å². The first kappa shape index (κ1) is 17.2. The number of carbonyl (C=O) groups excluding carboxylic acids is 1. The predicted octanol–water partition coefficient (Wildman–Crippen LogP) is 2.41. The summed E-state index contributed by atoms with van der Waals surface area (Å²) >= 11 is 3.20. The van der Waals surface area contributed by atoms with Crippen LogP contribution in [0, 0.1) is 0 Å². The van der Waals surface area contributed by atoms with Gasteiger partial charge >= 0.3 is 6.18 Å². The van der Waals surface area contributed by atoms with Gasteiger partial charge in [0.15, 0.2) is 11.2 Å². The van der Waals surface area contributed by atoms with Crippen LogP contribution in [0.2, 0.25) is 0 Å². The standard InChI is InChI=1S/C14H14BrF3N4O2/c15-10-8-22-9(6-20-11(22)7-19-10)12(23)21-4-1-2-13(24,3-5-21)14(16,17)18/h6-8,24H,1-5H2/t13-/m0/s1. The fourth-order valence-electron chi connectivity index (χ4n) is 2.79. The molecule has 24 heavy (non-hydrogen) atoms. The number of halogens is 4. The summed E-state index contributed by atoms with van der Waals surface area (Å²) in [6.45, 7) is -0.0228. The fourth-order valence-corrected chi connectivity index (χ4v) is 3.10. The second kappa shape index (κ2) is 5.99. The average Bonchev–Trinajstić information content (AvgIpc) is 2.80. The summed E-state index contributed by atoms with van der Waals surface area (Å²) in [5.74, 6) is -0.424. The molecule has 0 bridgehead atoms. The maximum Gasteiger partial charge on any atom is 0.417 e. The minimum absolute atomic E-state index is 0.0732. The van der Waals surface area contributed by atoms with E-state index in [4.69, 9.17) is 0 Å². The Balaban J connectivity index is 1.84. The molecule has 0 saturated carbocycles. The number of alkyl halides is 3. The van der Waals surface area contributed by atoms with Crippen molar-refractivity contribution in [2.45, 2.75) is 31.0 Å². The molecule has 2 aromatic rings. The van der Waals surface area contributed by atoms with Crippen molar-refractivity contribution in [3.05, 3.63) is 28.9 Å². The highest BCUT2D eigenvalue weighted by molar-refractivity contribution is 9.10.